The molecule has 0 bridgehead atoms. The fourth-order valence-electron chi connectivity index (χ4n) is 2.16. The fourth-order valence-corrected chi connectivity index (χ4v) is 2.66. The minimum absolute atomic E-state index is 0.351. The summed E-state index contributed by atoms with van der Waals surface area (Å²) in [6, 6.07) is 0. The van der Waals surface area contributed by atoms with Crippen molar-refractivity contribution in [1.82, 2.24) is 19.1 Å². The molecule has 0 unspecified atom stereocenters. The van der Waals surface area contributed by atoms with Crippen LogP contribution in [0.3, 0.4) is 0 Å². The van der Waals surface area contributed by atoms with E-state index < -0.39 is 0 Å². The Morgan fingerprint density at radius 1 is 1.19 bits per heavy atom. The molecule has 0 aromatic carbocycles. The summed E-state index contributed by atoms with van der Waals surface area (Å²) in [5.41, 5.74) is 0.00806. The molecule has 0 radical (unpaired) electrons. The lowest BCUT2D eigenvalue weighted by molar-refractivity contribution is 0.708. The topological polar surface area (TPSA) is 84.7 Å². The molecule has 0 amide bonds. The third-order valence-electron chi connectivity index (χ3n) is 3.41. The third-order valence-corrected chi connectivity index (χ3v) is 4.11. The zero-order chi connectivity index (χ0) is 15.4. The Bertz CT molecular complexity index is 730. The number of imidazole rings is 1. The summed E-state index contributed by atoms with van der Waals surface area (Å²) in [6.07, 6.45) is 5.53. The molecule has 0 spiro atoms. The number of nitrogens with zero attached hydrogens (tertiary/aromatic N) is 3. The minimum Gasteiger partial charge on any atom is -0.356 e. The number of aryl methyl sites for hydroxylation is 1. The van der Waals surface area contributed by atoms with Crippen LogP contribution < -0.4 is 16.6 Å². The van der Waals surface area contributed by atoms with Crippen molar-refractivity contribution in [2.45, 2.75) is 19.3 Å². The van der Waals surface area contributed by atoms with Gasteiger partial charge in [-0.2, -0.15) is 16.7 Å². The van der Waals surface area contributed by atoms with E-state index in [1.807, 2.05) is 11.8 Å². The van der Waals surface area contributed by atoms with Crippen LogP contribution in [0.15, 0.2) is 9.59 Å². The van der Waals surface area contributed by atoms with E-state index in [4.69, 9.17) is 0 Å². The smallest absolute Gasteiger partial charge is 0.332 e. The highest BCUT2D eigenvalue weighted by Crippen LogP contribution is 2.09. The Morgan fingerprint density at radius 3 is 2.67 bits per heavy atom. The van der Waals surface area contributed by atoms with Crippen LogP contribution in [0.4, 0.5) is 5.95 Å². The van der Waals surface area contributed by atoms with Crippen LogP contribution in [0.1, 0.15) is 19.3 Å². The number of unbranched alkanes of at least 4 members (excludes halogenated alkanes) is 2. The third kappa shape index (κ3) is 3.31. The van der Waals surface area contributed by atoms with Crippen LogP contribution in [0.25, 0.3) is 11.2 Å². The number of aromatic amines is 1. The molecule has 0 fully saturated rings. The first kappa shape index (κ1) is 15.7. The number of H-pyrrole nitrogens is 1. The van der Waals surface area contributed by atoms with Gasteiger partial charge in [0.15, 0.2) is 11.2 Å². The normalized spacial score (nSPS) is 11.2. The summed E-state index contributed by atoms with van der Waals surface area (Å²) in [4.78, 5) is 31.1. The number of rotatable bonds is 7. The number of fused-ring (bicyclic) bond motifs is 1. The van der Waals surface area contributed by atoms with Gasteiger partial charge in [0.2, 0.25) is 5.95 Å². The molecule has 0 atom stereocenters. The van der Waals surface area contributed by atoms with E-state index in [1.54, 1.807) is 7.05 Å². The predicted octanol–water partition coefficient (Wildman–Crippen LogP) is 0.905. The Kier molecular flexibility index (Phi) is 5.11. The van der Waals surface area contributed by atoms with E-state index in [9.17, 15) is 9.59 Å². The van der Waals surface area contributed by atoms with Gasteiger partial charge >= 0.3 is 5.69 Å². The van der Waals surface area contributed by atoms with Crippen molar-refractivity contribution in [2.24, 2.45) is 14.1 Å². The largest absolute Gasteiger partial charge is 0.356 e. The van der Waals surface area contributed by atoms with Crippen LogP contribution in [-0.4, -0.2) is 37.7 Å². The van der Waals surface area contributed by atoms with Gasteiger partial charge in [0.1, 0.15) is 0 Å². The first-order valence-electron chi connectivity index (χ1n) is 6.94. The second-order valence-corrected chi connectivity index (χ2v) is 5.96. The highest BCUT2D eigenvalue weighted by molar-refractivity contribution is 7.98. The fraction of sp³-hybridized carbons (Fsp3) is 0.615. The van der Waals surface area contributed by atoms with Crippen molar-refractivity contribution in [1.29, 1.82) is 0 Å². The maximum Gasteiger partial charge on any atom is 0.332 e. The van der Waals surface area contributed by atoms with Gasteiger partial charge in [-0.1, -0.05) is 6.42 Å². The van der Waals surface area contributed by atoms with E-state index in [1.165, 1.54) is 23.8 Å². The van der Waals surface area contributed by atoms with Crippen molar-refractivity contribution in [3.8, 4) is 0 Å². The van der Waals surface area contributed by atoms with Gasteiger partial charge in [0, 0.05) is 20.6 Å². The van der Waals surface area contributed by atoms with Crippen molar-refractivity contribution in [2.75, 3.05) is 23.9 Å². The summed E-state index contributed by atoms with van der Waals surface area (Å²) in [5.74, 6) is 1.72. The van der Waals surface area contributed by atoms with Gasteiger partial charge in [-0.3, -0.25) is 13.9 Å². The van der Waals surface area contributed by atoms with Crippen molar-refractivity contribution in [3.05, 3.63) is 20.8 Å². The Hall–Kier alpha value is -1.70. The highest BCUT2D eigenvalue weighted by atomic mass is 32.2. The molecule has 2 heterocycles. The average molecular weight is 311 g/mol. The van der Waals surface area contributed by atoms with Crippen LogP contribution in [-0.2, 0) is 14.1 Å². The molecule has 0 aliphatic heterocycles. The number of aromatic nitrogens is 4. The van der Waals surface area contributed by atoms with Gasteiger partial charge in [0.25, 0.3) is 5.56 Å². The zero-order valence-corrected chi connectivity index (χ0v) is 13.4. The molecule has 7 nitrogen and oxygen atoms in total. The van der Waals surface area contributed by atoms with Gasteiger partial charge in [-0.25, -0.2) is 4.79 Å². The van der Waals surface area contributed by atoms with Crippen LogP contribution in [0.5, 0.6) is 0 Å². The molecule has 8 heteroatoms. The highest BCUT2D eigenvalue weighted by Gasteiger charge is 2.12. The minimum atomic E-state index is -0.373. The molecule has 21 heavy (non-hydrogen) atoms. The standard InChI is InChI=1S/C13H21N5O2S/c1-17-10-9(11(19)18(2)13(17)20)15-12(16-10)14-7-5-4-6-8-21-3/h4-8H2,1-3H3,(H2,14,15,16). The van der Waals surface area contributed by atoms with Gasteiger partial charge in [-0.15, -0.1) is 0 Å². The second kappa shape index (κ2) is 6.84. The number of thioether (sulfide) groups is 1. The Labute approximate surface area is 126 Å². The Balaban J connectivity index is 2.10. The first-order chi connectivity index (χ1) is 10.1. The molecule has 2 N–H and O–H groups in total. The lowest BCUT2D eigenvalue weighted by Gasteiger charge is -2.01. The maximum absolute atomic E-state index is 12.0. The quantitative estimate of drug-likeness (QED) is 0.742. The molecular weight excluding hydrogens is 290 g/mol. The van der Waals surface area contributed by atoms with E-state index in [0.717, 1.165) is 24.0 Å². The van der Waals surface area contributed by atoms with Gasteiger partial charge in [-0.05, 0) is 24.9 Å². The van der Waals surface area contributed by atoms with Crippen LogP contribution >= 0.6 is 11.8 Å². The molecule has 0 saturated carbocycles. The van der Waals surface area contributed by atoms with E-state index in [-0.39, 0.29) is 11.2 Å². The monoisotopic (exact) mass is 311 g/mol. The van der Waals surface area contributed by atoms with Crippen molar-refractivity contribution >= 4 is 28.9 Å². The van der Waals surface area contributed by atoms with Crippen LogP contribution in [0.2, 0.25) is 0 Å². The molecular formula is C13H21N5O2S. The molecule has 2 aromatic rings. The predicted molar refractivity (Wildman–Crippen MR) is 87.3 cm³/mol. The average Bonchev–Trinajstić information content (AvgIpc) is 2.91. The van der Waals surface area contributed by atoms with E-state index in [0.29, 0.717) is 17.1 Å². The summed E-state index contributed by atoms with van der Waals surface area (Å²) in [6.45, 7) is 0.794. The number of hydrogen-bond acceptors (Lipinski definition) is 5. The Morgan fingerprint density at radius 2 is 1.95 bits per heavy atom. The maximum atomic E-state index is 12.0. The first-order valence-corrected chi connectivity index (χ1v) is 8.34. The zero-order valence-electron chi connectivity index (χ0n) is 12.6. The second-order valence-electron chi connectivity index (χ2n) is 4.97. The lowest BCUT2D eigenvalue weighted by atomic mass is 10.2. The van der Waals surface area contributed by atoms with Gasteiger partial charge in [0.05, 0.1) is 0 Å². The van der Waals surface area contributed by atoms with Crippen molar-refractivity contribution < 1.29 is 0 Å². The van der Waals surface area contributed by atoms with Crippen LogP contribution in [0, 0.1) is 0 Å². The molecule has 116 valence electrons. The summed E-state index contributed by atoms with van der Waals surface area (Å²) < 4.78 is 2.45. The van der Waals surface area contributed by atoms with E-state index >= 15 is 0 Å². The van der Waals surface area contributed by atoms with E-state index in [2.05, 4.69) is 21.5 Å². The van der Waals surface area contributed by atoms with Gasteiger partial charge < -0.3 is 10.3 Å². The summed E-state index contributed by atoms with van der Waals surface area (Å²) in [5, 5.41) is 3.17. The lowest BCUT2D eigenvalue weighted by Crippen LogP contribution is -2.36. The number of anilines is 1. The number of nitrogens with one attached hydrogen (secondary N) is 2. The molecule has 0 saturated heterocycles. The summed E-state index contributed by atoms with van der Waals surface area (Å²) in [7, 11) is 3.07. The molecule has 0 aliphatic rings. The van der Waals surface area contributed by atoms with Crippen molar-refractivity contribution in [3.63, 3.8) is 0 Å². The molecule has 2 rings (SSSR count). The molecule has 2 aromatic heterocycles. The summed E-state index contributed by atoms with van der Waals surface area (Å²) >= 11 is 1.86. The number of hydrogen-bond donors (Lipinski definition) is 2. The molecule has 0 aliphatic carbocycles. The SMILES string of the molecule is CSCCCCCNc1nc2c([nH]1)c(=O)n(C)c(=O)n2C.